The SMILES string of the molecule is CCCCn1cc2c3c(cc(C(=O)N[C@@H](Cc4ccccc4)[C@H](O)CNC4CCCCC4)cc31)N(C)S(=O)(=O)CC2. The smallest absolute Gasteiger partial charge is 0.251 e. The van der Waals surface area contributed by atoms with Gasteiger partial charge in [-0.1, -0.05) is 62.9 Å². The highest BCUT2D eigenvalue weighted by Gasteiger charge is 2.30. The molecule has 1 amide bonds. The van der Waals surface area contributed by atoms with Crippen molar-refractivity contribution in [3.05, 3.63) is 65.4 Å². The first kappa shape index (κ1) is 29.6. The monoisotopic (exact) mass is 580 g/mol. The summed E-state index contributed by atoms with van der Waals surface area (Å²) >= 11 is 0. The summed E-state index contributed by atoms with van der Waals surface area (Å²) in [6, 6.07) is 13.3. The van der Waals surface area contributed by atoms with Gasteiger partial charge in [0, 0.05) is 43.3 Å². The molecule has 2 atom stereocenters. The van der Waals surface area contributed by atoms with Crippen LogP contribution in [0.15, 0.2) is 48.7 Å². The predicted molar refractivity (Wildman–Crippen MR) is 165 cm³/mol. The van der Waals surface area contributed by atoms with Gasteiger partial charge in [0.05, 0.1) is 29.1 Å². The van der Waals surface area contributed by atoms with Crippen LogP contribution in [0, 0.1) is 0 Å². The zero-order valence-corrected chi connectivity index (χ0v) is 25.1. The van der Waals surface area contributed by atoms with Crippen molar-refractivity contribution in [1.29, 1.82) is 0 Å². The molecule has 0 spiro atoms. The van der Waals surface area contributed by atoms with Crippen molar-refractivity contribution in [2.24, 2.45) is 0 Å². The summed E-state index contributed by atoms with van der Waals surface area (Å²) in [7, 11) is -1.93. The Bertz CT molecular complexity index is 1450. The van der Waals surface area contributed by atoms with Crippen LogP contribution in [0.2, 0.25) is 0 Å². The molecule has 1 aliphatic heterocycles. The second-order valence-corrected chi connectivity index (χ2v) is 13.8. The van der Waals surface area contributed by atoms with Crippen molar-refractivity contribution in [2.75, 3.05) is 23.7 Å². The fourth-order valence-corrected chi connectivity index (χ4v) is 7.43. The van der Waals surface area contributed by atoms with E-state index < -0.39 is 22.2 Å². The van der Waals surface area contributed by atoms with Crippen LogP contribution in [0.1, 0.15) is 73.4 Å². The average molecular weight is 581 g/mol. The zero-order chi connectivity index (χ0) is 29.0. The number of hydrogen-bond donors (Lipinski definition) is 3. The first-order valence-electron chi connectivity index (χ1n) is 15.2. The number of anilines is 1. The lowest BCUT2D eigenvalue weighted by Gasteiger charge is -2.28. The van der Waals surface area contributed by atoms with Gasteiger partial charge in [-0.2, -0.15) is 0 Å². The molecule has 3 aromatic rings. The van der Waals surface area contributed by atoms with Gasteiger partial charge in [-0.3, -0.25) is 9.10 Å². The van der Waals surface area contributed by atoms with Crippen LogP contribution >= 0.6 is 0 Å². The largest absolute Gasteiger partial charge is 0.390 e. The van der Waals surface area contributed by atoms with Gasteiger partial charge in [0.1, 0.15) is 0 Å². The van der Waals surface area contributed by atoms with Gasteiger partial charge < -0.3 is 20.3 Å². The van der Waals surface area contributed by atoms with Gasteiger partial charge in [-0.05, 0) is 55.4 Å². The average Bonchev–Trinajstić information content (AvgIpc) is 3.30. The lowest BCUT2D eigenvalue weighted by atomic mass is 9.94. The molecule has 2 aromatic carbocycles. The van der Waals surface area contributed by atoms with Gasteiger partial charge in [0.25, 0.3) is 5.91 Å². The summed E-state index contributed by atoms with van der Waals surface area (Å²) in [5.41, 5.74) is 3.83. The number of carbonyl (C=O) groups excluding carboxylic acids is 1. The topological polar surface area (TPSA) is 104 Å². The van der Waals surface area contributed by atoms with Crippen molar-refractivity contribution in [2.45, 2.75) is 89.4 Å². The molecule has 2 aliphatic rings. The number of sulfonamides is 1. The first-order chi connectivity index (χ1) is 19.8. The highest BCUT2D eigenvalue weighted by Crippen LogP contribution is 2.37. The number of carbonyl (C=O) groups is 1. The third kappa shape index (κ3) is 6.79. The van der Waals surface area contributed by atoms with Crippen LogP contribution in [0.4, 0.5) is 5.69 Å². The molecular weight excluding hydrogens is 536 g/mol. The van der Waals surface area contributed by atoms with E-state index in [9.17, 15) is 18.3 Å². The molecule has 1 aliphatic carbocycles. The Morgan fingerprint density at radius 3 is 2.61 bits per heavy atom. The van der Waals surface area contributed by atoms with E-state index in [0.29, 0.717) is 36.7 Å². The van der Waals surface area contributed by atoms with Crippen LogP contribution in [0.5, 0.6) is 0 Å². The molecule has 222 valence electrons. The Labute approximate surface area is 244 Å². The summed E-state index contributed by atoms with van der Waals surface area (Å²) in [4.78, 5) is 13.9. The molecule has 0 saturated heterocycles. The van der Waals surface area contributed by atoms with Gasteiger partial charge in [0.2, 0.25) is 10.0 Å². The summed E-state index contributed by atoms with van der Waals surface area (Å²) in [5.74, 6) is -0.285. The minimum absolute atomic E-state index is 0.0337. The highest BCUT2D eigenvalue weighted by atomic mass is 32.2. The maximum atomic E-state index is 13.9. The molecule has 41 heavy (non-hydrogen) atoms. The molecule has 1 aromatic heterocycles. The Balaban J connectivity index is 1.45. The number of aliphatic hydroxyl groups is 1. The van der Waals surface area contributed by atoms with E-state index >= 15 is 0 Å². The Morgan fingerprint density at radius 2 is 1.88 bits per heavy atom. The molecule has 8 nitrogen and oxygen atoms in total. The third-order valence-corrected chi connectivity index (χ3v) is 10.5. The highest BCUT2D eigenvalue weighted by molar-refractivity contribution is 7.92. The van der Waals surface area contributed by atoms with E-state index in [1.165, 1.54) is 23.6 Å². The van der Waals surface area contributed by atoms with E-state index in [0.717, 1.165) is 54.3 Å². The Hall–Kier alpha value is -2.88. The lowest BCUT2D eigenvalue weighted by molar-refractivity contribution is 0.0821. The molecule has 0 unspecified atom stereocenters. The predicted octanol–water partition coefficient (Wildman–Crippen LogP) is 4.39. The quantitative estimate of drug-likeness (QED) is 0.312. The maximum Gasteiger partial charge on any atom is 0.251 e. The standard InChI is InChI=1S/C32H44N4O4S/c1-3-4-16-36-22-24-15-17-41(39,40)35(2)28-19-25(20-29(36)31(24)28)32(38)34-27(18-23-11-7-5-8-12-23)30(37)21-33-26-13-9-6-10-14-26/h5,7-8,11-12,19-20,22,26-27,30,33,37H,3-4,6,9-10,13-18,21H2,1-2H3,(H,34,38)/t27-,30+/m0/s1. The third-order valence-electron chi connectivity index (χ3n) is 8.74. The van der Waals surface area contributed by atoms with E-state index in [1.54, 1.807) is 13.1 Å². The number of unbranched alkanes of at least 4 members (excludes halogenated alkanes) is 1. The summed E-state index contributed by atoms with van der Waals surface area (Å²) < 4.78 is 29.5. The van der Waals surface area contributed by atoms with E-state index in [1.807, 2.05) is 36.4 Å². The van der Waals surface area contributed by atoms with Crippen molar-refractivity contribution in [1.82, 2.24) is 15.2 Å². The van der Waals surface area contributed by atoms with E-state index in [-0.39, 0.29) is 11.7 Å². The Kier molecular flexibility index (Phi) is 9.36. The molecule has 0 radical (unpaired) electrons. The number of hydrogen-bond acceptors (Lipinski definition) is 5. The number of nitrogens with zero attached hydrogens (tertiary/aromatic N) is 2. The van der Waals surface area contributed by atoms with Crippen LogP contribution < -0.4 is 14.9 Å². The van der Waals surface area contributed by atoms with Gasteiger partial charge >= 0.3 is 0 Å². The normalized spacial score (nSPS) is 18.7. The fourth-order valence-electron chi connectivity index (χ4n) is 6.24. The number of benzene rings is 2. The second kappa shape index (κ2) is 13.0. The number of aryl methyl sites for hydroxylation is 2. The molecule has 3 N–H and O–H groups in total. The summed E-state index contributed by atoms with van der Waals surface area (Å²) in [5, 5.41) is 18.8. The number of rotatable bonds is 11. The molecule has 1 fully saturated rings. The van der Waals surface area contributed by atoms with Crippen molar-refractivity contribution < 1.29 is 18.3 Å². The zero-order valence-electron chi connectivity index (χ0n) is 24.3. The van der Waals surface area contributed by atoms with Crippen LogP contribution in [0.25, 0.3) is 10.9 Å². The summed E-state index contributed by atoms with van der Waals surface area (Å²) in [6.07, 6.45) is 10.1. The molecule has 5 rings (SSSR count). The summed E-state index contributed by atoms with van der Waals surface area (Å²) in [6.45, 7) is 3.34. The molecule has 9 heteroatoms. The number of aliphatic hydroxyl groups excluding tert-OH is 1. The molecule has 1 saturated carbocycles. The van der Waals surface area contributed by atoms with Crippen LogP contribution in [-0.4, -0.2) is 61.5 Å². The van der Waals surface area contributed by atoms with E-state index in [2.05, 4.69) is 28.3 Å². The fraction of sp³-hybridized carbons (Fsp3) is 0.531. The van der Waals surface area contributed by atoms with Gasteiger partial charge in [0.15, 0.2) is 0 Å². The molecule has 0 bridgehead atoms. The van der Waals surface area contributed by atoms with Gasteiger partial charge in [-0.15, -0.1) is 0 Å². The number of aromatic nitrogens is 1. The van der Waals surface area contributed by atoms with Crippen LogP contribution in [-0.2, 0) is 29.4 Å². The number of amides is 1. The van der Waals surface area contributed by atoms with E-state index in [4.69, 9.17) is 0 Å². The first-order valence-corrected chi connectivity index (χ1v) is 16.8. The minimum atomic E-state index is -3.51. The maximum absolute atomic E-state index is 13.9. The molecule has 2 heterocycles. The molecular formula is C32H44N4O4S. The lowest BCUT2D eigenvalue weighted by Crippen LogP contribution is -2.50. The second-order valence-electron chi connectivity index (χ2n) is 11.7. The van der Waals surface area contributed by atoms with Crippen molar-refractivity contribution in [3.8, 4) is 0 Å². The van der Waals surface area contributed by atoms with Gasteiger partial charge in [-0.25, -0.2) is 8.42 Å². The van der Waals surface area contributed by atoms with Crippen LogP contribution in [0.3, 0.4) is 0 Å². The number of nitrogens with one attached hydrogen (secondary N) is 2. The van der Waals surface area contributed by atoms with Crippen molar-refractivity contribution >= 4 is 32.5 Å². The minimum Gasteiger partial charge on any atom is -0.390 e. The Morgan fingerprint density at radius 1 is 1.12 bits per heavy atom. The van der Waals surface area contributed by atoms with Crippen molar-refractivity contribution in [3.63, 3.8) is 0 Å².